The normalized spacial score (nSPS) is 9.61. The first-order chi connectivity index (χ1) is 8.71. The van der Waals surface area contributed by atoms with E-state index in [4.69, 9.17) is 14.7 Å². The van der Waals surface area contributed by atoms with E-state index in [2.05, 4.69) is 4.98 Å². The molecule has 0 saturated heterocycles. The Bertz CT molecular complexity index is 608. The maximum Gasteiger partial charge on any atom is 0.216 e. The van der Waals surface area contributed by atoms with Crippen LogP contribution in [-0.2, 0) is 0 Å². The summed E-state index contributed by atoms with van der Waals surface area (Å²) in [5.74, 6) is 0.575. The van der Waals surface area contributed by atoms with Crippen molar-refractivity contribution < 1.29 is 13.9 Å². The van der Waals surface area contributed by atoms with Crippen molar-refractivity contribution in [3.05, 3.63) is 48.0 Å². The van der Waals surface area contributed by atoms with Crippen LogP contribution in [-0.4, -0.2) is 12.1 Å². The van der Waals surface area contributed by atoms with E-state index < -0.39 is 5.95 Å². The highest BCUT2D eigenvalue weighted by atomic mass is 19.1. The summed E-state index contributed by atoms with van der Waals surface area (Å²) in [6.45, 7) is 0. The fourth-order valence-corrected chi connectivity index (χ4v) is 1.40. The Morgan fingerprint density at radius 2 is 1.94 bits per heavy atom. The number of ether oxygens (including phenoxy) is 2. The fraction of sp³-hybridized carbons (Fsp3) is 0.0769. The van der Waals surface area contributed by atoms with Crippen LogP contribution in [0.5, 0.6) is 17.2 Å². The molecule has 5 heteroatoms. The first-order valence-electron chi connectivity index (χ1n) is 5.10. The number of aromatic nitrogens is 1. The molecule has 2 aromatic rings. The van der Waals surface area contributed by atoms with Gasteiger partial charge in [0, 0.05) is 18.3 Å². The van der Waals surface area contributed by atoms with E-state index in [9.17, 15) is 4.39 Å². The second-order valence-electron chi connectivity index (χ2n) is 3.43. The third kappa shape index (κ3) is 2.74. The van der Waals surface area contributed by atoms with Gasteiger partial charge in [0.05, 0.1) is 18.7 Å². The summed E-state index contributed by atoms with van der Waals surface area (Å²) in [4.78, 5) is 3.43. The van der Waals surface area contributed by atoms with Gasteiger partial charge >= 0.3 is 0 Å². The standard InChI is InChI=1S/C13H9FN2O2/c1-17-11-4-9(8-15)5-12(6-11)18-10-2-3-16-13(14)7-10/h2-7H,1H3. The van der Waals surface area contributed by atoms with Crippen molar-refractivity contribution in [3.8, 4) is 23.3 Å². The van der Waals surface area contributed by atoms with Crippen LogP contribution in [0, 0.1) is 17.3 Å². The van der Waals surface area contributed by atoms with Gasteiger partial charge in [-0.15, -0.1) is 0 Å². The van der Waals surface area contributed by atoms with Crippen molar-refractivity contribution in [3.63, 3.8) is 0 Å². The van der Waals surface area contributed by atoms with E-state index in [1.807, 2.05) is 6.07 Å². The number of nitriles is 1. The molecule has 0 atom stereocenters. The van der Waals surface area contributed by atoms with Crippen LogP contribution in [0.2, 0.25) is 0 Å². The second kappa shape index (κ2) is 5.15. The number of halogens is 1. The third-order valence-electron chi connectivity index (χ3n) is 2.18. The van der Waals surface area contributed by atoms with Crippen LogP contribution >= 0.6 is 0 Å². The Hall–Kier alpha value is -2.61. The summed E-state index contributed by atoms with van der Waals surface area (Å²) in [5, 5.41) is 8.86. The highest BCUT2D eigenvalue weighted by Crippen LogP contribution is 2.27. The fourth-order valence-electron chi connectivity index (χ4n) is 1.40. The van der Waals surface area contributed by atoms with Gasteiger partial charge in [-0.05, 0) is 18.2 Å². The van der Waals surface area contributed by atoms with Crippen LogP contribution in [0.15, 0.2) is 36.5 Å². The molecular weight excluding hydrogens is 235 g/mol. The molecule has 0 saturated carbocycles. The molecule has 0 spiro atoms. The van der Waals surface area contributed by atoms with Crippen molar-refractivity contribution in [2.45, 2.75) is 0 Å². The molecule has 0 fully saturated rings. The molecule has 0 unspecified atom stereocenters. The molecule has 0 amide bonds. The largest absolute Gasteiger partial charge is 0.497 e. The maximum absolute atomic E-state index is 12.9. The number of benzene rings is 1. The van der Waals surface area contributed by atoms with Gasteiger partial charge in [-0.25, -0.2) is 4.98 Å². The van der Waals surface area contributed by atoms with Crippen molar-refractivity contribution >= 4 is 0 Å². The maximum atomic E-state index is 12.9. The van der Waals surface area contributed by atoms with E-state index in [1.165, 1.54) is 19.4 Å². The molecule has 2 rings (SSSR count). The van der Waals surface area contributed by atoms with Crippen molar-refractivity contribution in [2.24, 2.45) is 0 Å². The molecule has 0 aliphatic rings. The molecule has 0 aliphatic heterocycles. The quantitative estimate of drug-likeness (QED) is 0.779. The Morgan fingerprint density at radius 3 is 2.61 bits per heavy atom. The zero-order chi connectivity index (χ0) is 13.0. The third-order valence-corrected chi connectivity index (χ3v) is 2.18. The molecule has 90 valence electrons. The molecule has 0 radical (unpaired) electrons. The predicted octanol–water partition coefficient (Wildman–Crippen LogP) is 2.89. The summed E-state index contributed by atoms with van der Waals surface area (Å²) >= 11 is 0. The summed E-state index contributed by atoms with van der Waals surface area (Å²) in [5.41, 5.74) is 0.402. The summed E-state index contributed by atoms with van der Waals surface area (Å²) in [7, 11) is 1.49. The van der Waals surface area contributed by atoms with Crippen LogP contribution in [0.4, 0.5) is 4.39 Å². The smallest absolute Gasteiger partial charge is 0.216 e. The van der Waals surface area contributed by atoms with Gasteiger partial charge in [0.25, 0.3) is 0 Å². The van der Waals surface area contributed by atoms with Crippen LogP contribution in [0.1, 0.15) is 5.56 Å². The summed E-state index contributed by atoms with van der Waals surface area (Å²) < 4.78 is 23.4. The number of nitrogens with zero attached hydrogens (tertiary/aromatic N) is 2. The van der Waals surface area contributed by atoms with Crippen molar-refractivity contribution in [1.82, 2.24) is 4.98 Å². The molecule has 1 aromatic heterocycles. The van der Waals surface area contributed by atoms with Crippen LogP contribution < -0.4 is 9.47 Å². The predicted molar refractivity (Wildman–Crippen MR) is 62.0 cm³/mol. The molecule has 4 nitrogen and oxygen atoms in total. The highest BCUT2D eigenvalue weighted by molar-refractivity contribution is 5.45. The average Bonchev–Trinajstić information content (AvgIpc) is 2.38. The van der Waals surface area contributed by atoms with Gasteiger partial charge in [0.2, 0.25) is 5.95 Å². The minimum atomic E-state index is -0.629. The molecule has 1 heterocycles. The highest BCUT2D eigenvalue weighted by Gasteiger charge is 2.04. The molecule has 18 heavy (non-hydrogen) atoms. The van der Waals surface area contributed by atoms with Gasteiger partial charge in [-0.3, -0.25) is 0 Å². The van der Waals surface area contributed by atoms with Gasteiger partial charge < -0.3 is 9.47 Å². The summed E-state index contributed by atoms with van der Waals surface area (Å²) in [6.07, 6.45) is 1.30. The van der Waals surface area contributed by atoms with E-state index in [0.717, 1.165) is 6.07 Å². The number of hydrogen-bond donors (Lipinski definition) is 0. The van der Waals surface area contributed by atoms with Gasteiger partial charge in [0.15, 0.2) is 0 Å². The van der Waals surface area contributed by atoms with Crippen LogP contribution in [0.3, 0.4) is 0 Å². The zero-order valence-electron chi connectivity index (χ0n) is 9.55. The van der Waals surface area contributed by atoms with E-state index in [1.54, 1.807) is 18.2 Å². The number of hydrogen-bond acceptors (Lipinski definition) is 4. The minimum Gasteiger partial charge on any atom is -0.497 e. The lowest BCUT2D eigenvalue weighted by atomic mass is 10.2. The first-order valence-corrected chi connectivity index (χ1v) is 5.10. The van der Waals surface area contributed by atoms with Crippen LogP contribution in [0.25, 0.3) is 0 Å². The number of pyridine rings is 1. The van der Waals surface area contributed by atoms with E-state index in [-0.39, 0.29) is 0 Å². The Kier molecular flexibility index (Phi) is 3.39. The van der Waals surface area contributed by atoms with Gasteiger partial charge in [0.1, 0.15) is 17.2 Å². The molecule has 0 bridgehead atoms. The molecule has 0 aliphatic carbocycles. The number of methoxy groups -OCH3 is 1. The zero-order valence-corrected chi connectivity index (χ0v) is 9.55. The van der Waals surface area contributed by atoms with E-state index in [0.29, 0.717) is 22.8 Å². The monoisotopic (exact) mass is 244 g/mol. The first kappa shape index (κ1) is 11.9. The van der Waals surface area contributed by atoms with Gasteiger partial charge in [-0.2, -0.15) is 9.65 Å². The molecular formula is C13H9FN2O2. The van der Waals surface area contributed by atoms with E-state index >= 15 is 0 Å². The number of rotatable bonds is 3. The van der Waals surface area contributed by atoms with Crippen molar-refractivity contribution in [1.29, 1.82) is 5.26 Å². The molecule has 1 aromatic carbocycles. The lowest BCUT2D eigenvalue weighted by Crippen LogP contribution is -1.90. The topological polar surface area (TPSA) is 55.1 Å². The Balaban J connectivity index is 2.31. The lowest BCUT2D eigenvalue weighted by molar-refractivity contribution is 0.408. The minimum absolute atomic E-state index is 0.305. The Morgan fingerprint density at radius 1 is 1.17 bits per heavy atom. The summed E-state index contributed by atoms with van der Waals surface area (Å²) in [6, 6.07) is 9.41. The SMILES string of the molecule is COc1cc(C#N)cc(Oc2ccnc(F)c2)c1. The van der Waals surface area contributed by atoms with Gasteiger partial charge in [-0.1, -0.05) is 0 Å². The second-order valence-corrected chi connectivity index (χ2v) is 3.43. The molecule has 0 N–H and O–H groups in total. The average molecular weight is 244 g/mol. The van der Waals surface area contributed by atoms with Crippen molar-refractivity contribution in [2.75, 3.05) is 7.11 Å². The lowest BCUT2D eigenvalue weighted by Gasteiger charge is -2.07. The Labute approximate surface area is 103 Å².